The van der Waals surface area contributed by atoms with Crippen LogP contribution in [0.15, 0.2) is 36.7 Å². The second-order valence-electron chi connectivity index (χ2n) is 6.72. The van der Waals surface area contributed by atoms with Gasteiger partial charge in [-0.2, -0.15) is 10.1 Å². The minimum atomic E-state index is 0.620. The summed E-state index contributed by atoms with van der Waals surface area (Å²) < 4.78 is 1.73. The summed E-state index contributed by atoms with van der Waals surface area (Å²) in [6.45, 7) is 8.43. The number of hydrogen-bond acceptors (Lipinski definition) is 5. The van der Waals surface area contributed by atoms with Crippen molar-refractivity contribution >= 4 is 22.4 Å². The van der Waals surface area contributed by atoms with Crippen LogP contribution >= 0.6 is 0 Å². The topological polar surface area (TPSA) is 50.1 Å². The Morgan fingerprint density at radius 1 is 1.04 bits per heavy atom. The van der Waals surface area contributed by atoms with Crippen molar-refractivity contribution in [1.82, 2.24) is 19.7 Å². The molecule has 0 aliphatic carbocycles. The van der Waals surface area contributed by atoms with Gasteiger partial charge in [0.2, 0.25) is 0 Å². The van der Waals surface area contributed by atoms with Gasteiger partial charge in [-0.15, -0.1) is 0 Å². The Morgan fingerprint density at radius 3 is 2.54 bits per heavy atom. The van der Waals surface area contributed by atoms with Crippen molar-refractivity contribution in [2.45, 2.75) is 33.1 Å². The number of anilines is 2. The SMILES string of the molecule is CCN(CC)c1nc(-n2cccn2)nc2ccc(N3CCCCC3)cc12. The highest BCUT2D eigenvalue weighted by Crippen LogP contribution is 2.30. The maximum Gasteiger partial charge on any atom is 0.253 e. The van der Waals surface area contributed by atoms with Gasteiger partial charge in [-0.1, -0.05) is 0 Å². The first kappa shape index (κ1) is 16.8. The number of aromatic nitrogens is 4. The Kier molecular flexibility index (Phi) is 4.73. The fourth-order valence-corrected chi connectivity index (χ4v) is 3.69. The van der Waals surface area contributed by atoms with E-state index >= 15 is 0 Å². The number of nitrogens with zero attached hydrogens (tertiary/aromatic N) is 6. The highest BCUT2D eigenvalue weighted by Gasteiger charge is 2.17. The quantitative estimate of drug-likeness (QED) is 0.703. The maximum absolute atomic E-state index is 4.87. The average Bonchev–Trinajstić information content (AvgIpc) is 3.24. The molecule has 1 fully saturated rings. The maximum atomic E-state index is 4.87. The van der Waals surface area contributed by atoms with Gasteiger partial charge in [-0.05, 0) is 57.4 Å². The molecule has 26 heavy (non-hydrogen) atoms. The van der Waals surface area contributed by atoms with Gasteiger partial charge in [-0.25, -0.2) is 9.67 Å². The van der Waals surface area contributed by atoms with Crippen LogP contribution in [-0.2, 0) is 0 Å². The van der Waals surface area contributed by atoms with E-state index in [4.69, 9.17) is 9.97 Å². The third-order valence-corrected chi connectivity index (χ3v) is 5.14. The van der Waals surface area contributed by atoms with Gasteiger partial charge in [0.05, 0.1) is 5.52 Å². The van der Waals surface area contributed by atoms with E-state index < -0.39 is 0 Å². The molecule has 0 radical (unpaired) electrons. The lowest BCUT2D eigenvalue weighted by molar-refractivity contribution is 0.578. The van der Waals surface area contributed by atoms with Crippen LogP contribution in [0.3, 0.4) is 0 Å². The molecule has 1 aromatic carbocycles. The first-order valence-electron chi connectivity index (χ1n) is 9.62. The van der Waals surface area contributed by atoms with Crippen LogP contribution in [0.25, 0.3) is 16.9 Å². The van der Waals surface area contributed by atoms with Crippen molar-refractivity contribution < 1.29 is 0 Å². The van der Waals surface area contributed by atoms with Crippen molar-refractivity contribution in [2.24, 2.45) is 0 Å². The molecule has 136 valence electrons. The highest BCUT2D eigenvalue weighted by atomic mass is 15.4. The Bertz CT molecular complexity index is 863. The summed E-state index contributed by atoms with van der Waals surface area (Å²) >= 11 is 0. The zero-order valence-electron chi connectivity index (χ0n) is 15.6. The monoisotopic (exact) mass is 350 g/mol. The molecule has 0 spiro atoms. The van der Waals surface area contributed by atoms with Crippen molar-refractivity contribution in [2.75, 3.05) is 36.0 Å². The van der Waals surface area contributed by atoms with Gasteiger partial charge in [0, 0.05) is 49.6 Å². The predicted molar refractivity (Wildman–Crippen MR) is 106 cm³/mol. The van der Waals surface area contributed by atoms with Gasteiger partial charge < -0.3 is 9.80 Å². The summed E-state index contributed by atoms with van der Waals surface area (Å²) in [5.41, 5.74) is 2.24. The fourth-order valence-electron chi connectivity index (χ4n) is 3.69. The van der Waals surface area contributed by atoms with Crippen molar-refractivity contribution in [1.29, 1.82) is 0 Å². The van der Waals surface area contributed by atoms with E-state index in [9.17, 15) is 0 Å². The molecule has 0 atom stereocenters. The second kappa shape index (κ2) is 7.32. The normalized spacial score (nSPS) is 14.8. The molecule has 0 unspecified atom stereocenters. The lowest BCUT2D eigenvalue weighted by atomic mass is 10.1. The summed E-state index contributed by atoms with van der Waals surface area (Å²) in [5, 5.41) is 5.42. The third-order valence-electron chi connectivity index (χ3n) is 5.14. The van der Waals surface area contributed by atoms with E-state index in [1.54, 1.807) is 10.9 Å². The molecular formula is C20H26N6. The van der Waals surface area contributed by atoms with E-state index in [-0.39, 0.29) is 0 Å². The molecule has 0 N–H and O–H groups in total. The van der Waals surface area contributed by atoms with Gasteiger partial charge >= 0.3 is 0 Å². The Hall–Kier alpha value is -2.63. The molecule has 1 saturated heterocycles. The Balaban J connectivity index is 1.85. The van der Waals surface area contributed by atoms with Crippen molar-refractivity contribution in [3.05, 3.63) is 36.7 Å². The number of hydrogen-bond donors (Lipinski definition) is 0. The molecule has 3 heterocycles. The molecule has 3 aromatic rings. The minimum absolute atomic E-state index is 0.620. The molecule has 6 heteroatoms. The molecule has 1 aliphatic heterocycles. The molecule has 0 saturated carbocycles. The van der Waals surface area contributed by atoms with Crippen molar-refractivity contribution in [3.63, 3.8) is 0 Å². The van der Waals surface area contributed by atoms with Crippen LogP contribution in [0.1, 0.15) is 33.1 Å². The van der Waals surface area contributed by atoms with Crippen LogP contribution in [-0.4, -0.2) is 45.9 Å². The van der Waals surface area contributed by atoms with Crippen LogP contribution < -0.4 is 9.80 Å². The van der Waals surface area contributed by atoms with Gasteiger partial charge in [0.25, 0.3) is 5.95 Å². The Morgan fingerprint density at radius 2 is 1.85 bits per heavy atom. The van der Waals surface area contributed by atoms with Gasteiger partial charge in [0.1, 0.15) is 5.82 Å². The molecule has 0 bridgehead atoms. The molecule has 0 amide bonds. The lowest BCUT2D eigenvalue weighted by Crippen LogP contribution is -2.29. The fraction of sp³-hybridized carbons (Fsp3) is 0.450. The highest BCUT2D eigenvalue weighted by molar-refractivity contribution is 5.92. The number of benzene rings is 1. The zero-order chi connectivity index (χ0) is 17.9. The number of piperidine rings is 1. The van der Waals surface area contributed by atoms with E-state index in [1.807, 2.05) is 12.3 Å². The Labute approximate surface area is 154 Å². The minimum Gasteiger partial charge on any atom is -0.372 e. The largest absolute Gasteiger partial charge is 0.372 e. The van der Waals surface area contributed by atoms with E-state index in [2.05, 4.69) is 46.9 Å². The first-order valence-corrected chi connectivity index (χ1v) is 9.62. The first-order chi connectivity index (χ1) is 12.8. The predicted octanol–water partition coefficient (Wildman–Crippen LogP) is 3.65. The van der Waals surface area contributed by atoms with Gasteiger partial charge in [0.15, 0.2) is 0 Å². The van der Waals surface area contributed by atoms with Crippen LogP contribution in [0.2, 0.25) is 0 Å². The van der Waals surface area contributed by atoms with E-state index in [0.29, 0.717) is 5.95 Å². The average molecular weight is 350 g/mol. The molecule has 1 aliphatic rings. The number of fused-ring (bicyclic) bond motifs is 1. The standard InChI is InChI=1S/C20H26N6/c1-3-24(4-2)19-17-15-16(25-12-6-5-7-13-25)9-10-18(17)22-20(23-19)26-14-8-11-21-26/h8-11,14-15H,3-7,12-13H2,1-2H3. The zero-order valence-corrected chi connectivity index (χ0v) is 15.6. The smallest absolute Gasteiger partial charge is 0.253 e. The van der Waals surface area contributed by atoms with Crippen molar-refractivity contribution in [3.8, 4) is 5.95 Å². The molecule has 2 aromatic heterocycles. The molecule has 6 nitrogen and oxygen atoms in total. The van der Waals surface area contributed by atoms with E-state index in [0.717, 1.165) is 42.9 Å². The summed E-state index contributed by atoms with van der Waals surface area (Å²) in [7, 11) is 0. The lowest BCUT2D eigenvalue weighted by Gasteiger charge is -2.29. The summed E-state index contributed by atoms with van der Waals surface area (Å²) in [6.07, 6.45) is 7.52. The summed E-state index contributed by atoms with van der Waals surface area (Å²) in [4.78, 5) is 14.4. The van der Waals surface area contributed by atoms with Crippen LogP contribution in [0.5, 0.6) is 0 Å². The second-order valence-corrected chi connectivity index (χ2v) is 6.72. The van der Waals surface area contributed by atoms with Crippen LogP contribution in [0.4, 0.5) is 11.5 Å². The van der Waals surface area contributed by atoms with E-state index in [1.165, 1.54) is 24.9 Å². The third kappa shape index (κ3) is 3.11. The van der Waals surface area contributed by atoms with Crippen LogP contribution in [0, 0.1) is 0 Å². The molecular weight excluding hydrogens is 324 g/mol. The van der Waals surface area contributed by atoms with Gasteiger partial charge in [-0.3, -0.25) is 0 Å². The number of rotatable bonds is 5. The summed E-state index contributed by atoms with van der Waals surface area (Å²) in [6, 6.07) is 8.48. The molecule has 4 rings (SSSR count). The summed E-state index contributed by atoms with van der Waals surface area (Å²) in [5.74, 6) is 1.61.